The van der Waals surface area contributed by atoms with Crippen LogP contribution in [0.15, 0.2) is 12.4 Å². The number of nitrogens with two attached hydrogens (primary N) is 1. The summed E-state index contributed by atoms with van der Waals surface area (Å²) >= 11 is 0. The lowest BCUT2D eigenvalue weighted by atomic mass is 9.96. The minimum absolute atomic E-state index is 0.612. The lowest BCUT2D eigenvalue weighted by Crippen LogP contribution is -2.16. The molecule has 0 radical (unpaired) electrons. The average Bonchev–Trinajstić information content (AvgIpc) is 2.93. The first-order valence-corrected chi connectivity index (χ1v) is 5.60. The molecule has 14 heavy (non-hydrogen) atoms. The Bertz CT molecular complexity index is 331. The van der Waals surface area contributed by atoms with Crippen LogP contribution < -0.4 is 5.73 Å². The van der Waals surface area contributed by atoms with Gasteiger partial charge in [0.2, 0.25) is 0 Å². The molecule has 76 valence electrons. The van der Waals surface area contributed by atoms with Crippen molar-refractivity contribution in [3.8, 4) is 0 Å². The van der Waals surface area contributed by atoms with Crippen molar-refractivity contribution in [3.63, 3.8) is 0 Å². The van der Waals surface area contributed by atoms with E-state index < -0.39 is 0 Å². The summed E-state index contributed by atoms with van der Waals surface area (Å²) in [7, 11) is 0. The van der Waals surface area contributed by atoms with Gasteiger partial charge in [-0.1, -0.05) is 6.42 Å². The standard InChI is InChI=1S/C11H17N3/c12-5-9-6-13-14(7-9)11-4-8-1-2-10(11)3-8/h6-8,10-11H,1-5,12H2. The van der Waals surface area contributed by atoms with Crippen molar-refractivity contribution in [1.29, 1.82) is 0 Å². The van der Waals surface area contributed by atoms with Gasteiger partial charge in [0.25, 0.3) is 0 Å². The van der Waals surface area contributed by atoms with Gasteiger partial charge in [-0.25, -0.2) is 0 Å². The molecule has 1 heterocycles. The van der Waals surface area contributed by atoms with Gasteiger partial charge < -0.3 is 5.73 Å². The van der Waals surface area contributed by atoms with Gasteiger partial charge in [-0.05, 0) is 31.1 Å². The maximum atomic E-state index is 5.58. The predicted octanol–water partition coefficient (Wildman–Crippen LogP) is 1.70. The summed E-state index contributed by atoms with van der Waals surface area (Å²) in [5.74, 6) is 1.88. The highest BCUT2D eigenvalue weighted by Crippen LogP contribution is 2.50. The van der Waals surface area contributed by atoms with Crippen molar-refractivity contribution < 1.29 is 0 Å². The highest BCUT2D eigenvalue weighted by Gasteiger charge is 2.40. The van der Waals surface area contributed by atoms with E-state index in [1.807, 2.05) is 6.20 Å². The molecule has 2 N–H and O–H groups in total. The molecular weight excluding hydrogens is 174 g/mol. The highest BCUT2D eigenvalue weighted by atomic mass is 15.3. The molecule has 2 aliphatic rings. The molecule has 0 spiro atoms. The van der Waals surface area contributed by atoms with Crippen LogP contribution in [0.3, 0.4) is 0 Å². The first-order chi connectivity index (χ1) is 6.86. The molecule has 3 atom stereocenters. The van der Waals surface area contributed by atoms with Crippen molar-refractivity contribution in [1.82, 2.24) is 9.78 Å². The first kappa shape index (κ1) is 8.48. The van der Waals surface area contributed by atoms with Gasteiger partial charge in [0.15, 0.2) is 0 Å². The van der Waals surface area contributed by atoms with Gasteiger partial charge in [0, 0.05) is 18.3 Å². The fourth-order valence-corrected chi connectivity index (χ4v) is 3.20. The zero-order valence-corrected chi connectivity index (χ0v) is 8.39. The lowest BCUT2D eigenvalue weighted by Gasteiger charge is -2.21. The number of nitrogens with zero attached hydrogens (tertiary/aromatic N) is 2. The zero-order valence-electron chi connectivity index (χ0n) is 8.39. The molecule has 2 bridgehead atoms. The van der Waals surface area contributed by atoms with Crippen LogP contribution >= 0.6 is 0 Å². The molecule has 0 amide bonds. The molecular formula is C11H17N3. The number of rotatable bonds is 2. The van der Waals surface area contributed by atoms with Crippen LogP contribution in [0.1, 0.15) is 37.3 Å². The van der Waals surface area contributed by atoms with E-state index in [0.717, 1.165) is 17.4 Å². The normalized spacial score (nSPS) is 35.4. The number of hydrogen-bond acceptors (Lipinski definition) is 2. The van der Waals surface area contributed by atoms with Gasteiger partial charge in [-0.2, -0.15) is 5.10 Å². The topological polar surface area (TPSA) is 43.8 Å². The van der Waals surface area contributed by atoms with E-state index in [1.165, 1.54) is 25.7 Å². The van der Waals surface area contributed by atoms with Gasteiger partial charge in [-0.3, -0.25) is 4.68 Å². The monoisotopic (exact) mass is 191 g/mol. The van der Waals surface area contributed by atoms with Crippen molar-refractivity contribution >= 4 is 0 Å². The smallest absolute Gasteiger partial charge is 0.0550 e. The second kappa shape index (κ2) is 3.09. The zero-order chi connectivity index (χ0) is 9.54. The molecule has 2 fully saturated rings. The molecule has 3 unspecified atom stereocenters. The van der Waals surface area contributed by atoms with E-state index >= 15 is 0 Å². The fourth-order valence-electron chi connectivity index (χ4n) is 3.20. The summed E-state index contributed by atoms with van der Waals surface area (Å²) < 4.78 is 2.16. The summed E-state index contributed by atoms with van der Waals surface area (Å²) in [6.45, 7) is 0.612. The van der Waals surface area contributed by atoms with Crippen molar-refractivity contribution in [3.05, 3.63) is 18.0 Å². The van der Waals surface area contributed by atoms with Crippen molar-refractivity contribution in [2.75, 3.05) is 0 Å². The molecule has 3 heteroatoms. The number of fused-ring (bicyclic) bond motifs is 2. The van der Waals surface area contributed by atoms with Gasteiger partial charge in [0.1, 0.15) is 0 Å². The van der Waals surface area contributed by atoms with Crippen LogP contribution in [-0.4, -0.2) is 9.78 Å². The molecule has 0 aromatic carbocycles. The third kappa shape index (κ3) is 1.19. The van der Waals surface area contributed by atoms with Crippen molar-refractivity contribution in [2.24, 2.45) is 17.6 Å². The van der Waals surface area contributed by atoms with Crippen LogP contribution in [0.5, 0.6) is 0 Å². The van der Waals surface area contributed by atoms with Crippen molar-refractivity contribution in [2.45, 2.75) is 38.3 Å². The molecule has 3 rings (SSSR count). The van der Waals surface area contributed by atoms with E-state index in [9.17, 15) is 0 Å². The SMILES string of the molecule is NCc1cnn(C2CC3CCC2C3)c1. The molecule has 0 aliphatic heterocycles. The minimum atomic E-state index is 0.612. The van der Waals surface area contributed by atoms with Crippen LogP contribution in [0.25, 0.3) is 0 Å². The summed E-state index contributed by atoms with van der Waals surface area (Å²) in [4.78, 5) is 0. The summed E-state index contributed by atoms with van der Waals surface area (Å²) in [6, 6.07) is 0.675. The molecule has 2 saturated carbocycles. The second-order valence-electron chi connectivity index (χ2n) is 4.77. The van der Waals surface area contributed by atoms with Crippen LogP contribution in [0.2, 0.25) is 0 Å². The maximum absolute atomic E-state index is 5.58. The second-order valence-corrected chi connectivity index (χ2v) is 4.77. The quantitative estimate of drug-likeness (QED) is 0.773. The Hall–Kier alpha value is -0.830. The average molecular weight is 191 g/mol. The van der Waals surface area contributed by atoms with E-state index in [0.29, 0.717) is 12.6 Å². The van der Waals surface area contributed by atoms with Crippen LogP contribution in [0, 0.1) is 11.8 Å². The molecule has 2 aliphatic carbocycles. The van der Waals surface area contributed by atoms with Crippen LogP contribution in [-0.2, 0) is 6.54 Å². The third-order valence-corrected chi connectivity index (χ3v) is 3.93. The summed E-state index contributed by atoms with van der Waals surface area (Å²) in [5, 5.41) is 4.42. The first-order valence-electron chi connectivity index (χ1n) is 5.60. The number of aromatic nitrogens is 2. The Labute approximate surface area is 84.3 Å². The summed E-state index contributed by atoms with van der Waals surface area (Å²) in [5.41, 5.74) is 6.74. The molecule has 1 aromatic heterocycles. The Morgan fingerprint density at radius 1 is 1.43 bits per heavy atom. The van der Waals surface area contributed by atoms with Crippen LogP contribution in [0.4, 0.5) is 0 Å². The Morgan fingerprint density at radius 2 is 2.36 bits per heavy atom. The predicted molar refractivity (Wildman–Crippen MR) is 54.6 cm³/mol. The minimum Gasteiger partial charge on any atom is -0.326 e. The largest absolute Gasteiger partial charge is 0.326 e. The van der Waals surface area contributed by atoms with E-state index in [-0.39, 0.29) is 0 Å². The van der Waals surface area contributed by atoms with Gasteiger partial charge in [0.05, 0.1) is 12.2 Å². The Morgan fingerprint density at radius 3 is 2.93 bits per heavy atom. The number of hydrogen-bond donors (Lipinski definition) is 1. The van der Waals surface area contributed by atoms with E-state index in [4.69, 9.17) is 5.73 Å². The van der Waals surface area contributed by atoms with Gasteiger partial charge >= 0.3 is 0 Å². The third-order valence-electron chi connectivity index (χ3n) is 3.93. The summed E-state index contributed by atoms with van der Waals surface area (Å²) in [6.07, 6.45) is 9.68. The lowest BCUT2D eigenvalue weighted by molar-refractivity contribution is 0.306. The molecule has 0 saturated heterocycles. The molecule has 3 nitrogen and oxygen atoms in total. The van der Waals surface area contributed by atoms with E-state index in [2.05, 4.69) is 16.0 Å². The Balaban J connectivity index is 1.82. The highest BCUT2D eigenvalue weighted by molar-refractivity contribution is 5.05. The Kier molecular flexibility index (Phi) is 1.87. The molecule has 1 aromatic rings. The maximum Gasteiger partial charge on any atom is 0.0550 e. The van der Waals surface area contributed by atoms with Gasteiger partial charge in [-0.15, -0.1) is 0 Å². The fraction of sp³-hybridized carbons (Fsp3) is 0.727. The van der Waals surface area contributed by atoms with E-state index in [1.54, 1.807) is 0 Å².